The van der Waals surface area contributed by atoms with Gasteiger partial charge in [0.1, 0.15) is 11.4 Å². The van der Waals surface area contributed by atoms with Crippen molar-refractivity contribution in [3.8, 4) is 17.6 Å². The van der Waals surface area contributed by atoms with Gasteiger partial charge in [0.15, 0.2) is 0 Å². The molecule has 2 heterocycles. The second-order valence-electron chi connectivity index (χ2n) is 11.0. The predicted molar refractivity (Wildman–Crippen MR) is 183 cm³/mol. The molecule has 2 aromatic carbocycles. The van der Waals surface area contributed by atoms with Gasteiger partial charge < -0.3 is 25.5 Å². The second kappa shape index (κ2) is 17.1. The van der Waals surface area contributed by atoms with Gasteiger partial charge in [0.25, 0.3) is 11.8 Å². The first-order valence-electron chi connectivity index (χ1n) is 15.2. The highest BCUT2D eigenvalue weighted by Gasteiger charge is 2.16. The fourth-order valence-corrected chi connectivity index (χ4v) is 6.40. The van der Waals surface area contributed by atoms with Gasteiger partial charge in [-0.15, -0.1) is 0 Å². The van der Waals surface area contributed by atoms with Crippen molar-refractivity contribution in [2.24, 2.45) is 11.4 Å². The Morgan fingerprint density at radius 3 is 2.54 bits per heavy atom. The number of hydrogen-bond acceptors (Lipinski definition) is 8. The van der Waals surface area contributed by atoms with E-state index in [2.05, 4.69) is 31.6 Å². The van der Waals surface area contributed by atoms with Crippen molar-refractivity contribution in [1.82, 2.24) is 19.7 Å². The van der Waals surface area contributed by atoms with Gasteiger partial charge in [0.05, 0.1) is 28.9 Å². The van der Waals surface area contributed by atoms with Crippen LogP contribution >= 0.6 is 0 Å². The zero-order valence-electron chi connectivity index (χ0n) is 27.0. The molecule has 3 amide bonds. The molecule has 0 aliphatic carbocycles. The number of likely N-dealkylation sites (N-methyl/N-ethyl adjacent to an activating group) is 1. The molecular formula is C35H38N6O6S. The molecule has 0 bridgehead atoms. The fraction of sp³-hybridized carbons (Fsp3) is 0.286. The quantitative estimate of drug-likeness (QED) is 0.131. The molecule has 48 heavy (non-hydrogen) atoms. The first kappa shape index (κ1) is 35.7. The summed E-state index contributed by atoms with van der Waals surface area (Å²) in [6.07, 6.45) is 3.25. The lowest BCUT2D eigenvalue weighted by Crippen LogP contribution is -2.35. The van der Waals surface area contributed by atoms with Gasteiger partial charge in [-0.1, -0.05) is 40.7 Å². The molecule has 250 valence electrons. The van der Waals surface area contributed by atoms with Crippen LogP contribution in [0.25, 0.3) is 0 Å². The van der Waals surface area contributed by atoms with Gasteiger partial charge in [0, 0.05) is 62.0 Å². The molecule has 0 fully saturated rings. The highest BCUT2D eigenvalue weighted by atomic mass is 32.2. The third-order valence-corrected chi connectivity index (χ3v) is 9.02. The van der Waals surface area contributed by atoms with Crippen LogP contribution in [-0.2, 0) is 22.5 Å². The molecule has 2 unspecified atom stereocenters. The van der Waals surface area contributed by atoms with Crippen molar-refractivity contribution in [3.63, 3.8) is 0 Å². The number of aryl methyl sites for hydroxylation is 2. The van der Waals surface area contributed by atoms with Crippen LogP contribution in [0.1, 0.15) is 56.9 Å². The lowest BCUT2D eigenvalue weighted by molar-refractivity contribution is -0.131. The van der Waals surface area contributed by atoms with Crippen LogP contribution in [-0.4, -0.2) is 84.8 Å². The summed E-state index contributed by atoms with van der Waals surface area (Å²) in [5, 5.41) is 36.2. The Balaban J connectivity index is 1.45. The average molecular weight is 671 g/mol. The minimum absolute atomic E-state index is 0.0257. The number of benzene rings is 2. The van der Waals surface area contributed by atoms with Gasteiger partial charge >= 0.3 is 0 Å². The number of unbranched alkanes of at least 4 members (excludes halogenated alkanes) is 1. The normalized spacial score (nSPS) is 12.1. The zero-order chi connectivity index (χ0) is 34.6. The molecule has 0 radical (unpaired) electrons. The summed E-state index contributed by atoms with van der Waals surface area (Å²) in [5.74, 6) is 5.55. The first-order chi connectivity index (χ1) is 23.0. The van der Waals surface area contributed by atoms with Crippen LogP contribution in [0.15, 0.2) is 82.3 Å². The Kier molecular flexibility index (Phi) is 12.7. The molecular weight excluding hydrogens is 632 g/mol. The molecule has 0 aliphatic rings. The van der Waals surface area contributed by atoms with Crippen LogP contribution in [0.4, 0.5) is 5.69 Å². The monoisotopic (exact) mass is 670 g/mol. The molecule has 0 saturated carbocycles. The molecule has 4 aromatic rings. The van der Waals surface area contributed by atoms with E-state index in [1.807, 2.05) is 6.92 Å². The maximum atomic E-state index is 13.3. The molecule has 0 spiro atoms. The summed E-state index contributed by atoms with van der Waals surface area (Å²) in [6.45, 7) is 1.43. The van der Waals surface area contributed by atoms with Gasteiger partial charge in [-0.2, -0.15) is 9.46 Å². The topological polar surface area (TPSA) is 170 Å². The number of hydrogen-bond donors (Lipinski definition) is 4. The lowest BCUT2D eigenvalue weighted by atomic mass is 10.1. The van der Waals surface area contributed by atoms with E-state index in [4.69, 9.17) is 5.11 Å². The Morgan fingerprint density at radius 2 is 1.81 bits per heavy atom. The van der Waals surface area contributed by atoms with Crippen molar-refractivity contribution in [3.05, 3.63) is 101 Å². The van der Waals surface area contributed by atoms with Crippen LogP contribution in [0.3, 0.4) is 0 Å². The van der Waals surface area contributed by atoms with E-state index in [1.165, 1.54) is 28.0 Å². The maximum Gasteiger partial charge on any atom is 0.284 e. The van der Waals surface area contributed by atoms with Crippen LogP contribution < -0.4 is 5.32 Å². The van der Waals surface area contributed by atoms with Gasteiger partial charge in [-0.3, -0.25) is 24.0 Å². The number of amides is 3. The van der Waals surface area contributed by atoms with Crippen molar-refractivity contribution in [1.29, 1.82) is 0 Å². The molecule has 12 nitrogen and oxygen atoms in total. The van der Waals surface area contributed by atoms with E-state index in [9.17, 15) is 24.6 Å². The summed E-state index contributed by atoms with van der Waals surface area (Å²) in [5.41, 5.74) is 3.12. The van der Waals surface area contributed by atoms with Gasteiger partial charge in [0.2, 0.25) is 5.91 Å². The zero-order valence-corrected chi connectivity index (χ0v) is 27.8. The Hall–Kier alpha value is -5.16. The fourth-order valence-electron chi connectivity index (χ4n) is 4.66. The van der Waals surface area contributed by atoms with Crippen molar-refractivity contribution < 1.29 is 29.7 Å². The van der Waals surface area contributed by atoms with Crippen molar-refractivity contribution in [2.75, 3.05) is 31.3 Å². The smallest absolute Gasteiger partial charge is 0.284 e. The molecule has 4 rings (SSSR count). The number of nitrogens with one attached hydrogen (secondary N) is 1. The van der Waals surface area contributed by atoms with E-state index in [1.54, 1.807) is 68.7 Å². The minimum Gasteiger partial charge on any atom is -0.507 e. The van der Waals surface area contributed by atoms with E-state index in [0.29, 0.717) is 46.0 Å². The standard InChI is InChI=1S/C35H38N6O6S/c1-24-17-30(41(3)38-24)35(47)37-28-10-8-9-25(19-28)14-15-26-18-27(21-36-20-26)34(46)39-48(32-12-5-4-11-31(32)44)16-7-6-13-33(45)40(2)22-29(43)23-42/h4-5,8-12,17-21,29,42-44H,6-7,13,16,22-23H2,1-3H3,(H,37,47). The number of carbonyl (C=O) groups excluding carboxylic acids is 3. The number of anilines is 1. The molecule has 4 N–H and O–H groups in total. The van der Waals surface area contributed by atoms with Crippen LogP contribution in [0, 0.1) is 18.8 Å². The summed E-state index contributed by atoms with van der Waals surface area (Å²) in [7, 11) is 2.27. The molecule has 13 heteroatoms. The molecule has 0 aliphatic heterocycles. The van der Waals surface area contributed by atoms with Crippen molar-refractivity contribution in [2.45, 2.75) is 37.2 Å². The highest BCUT2D eigenvalue weighted by molar-refractivity contribution is 7.87. The number of rotatable bonds is 12. The average Bonchev–Trinajstić information content (AvgIpc) is 3.42. The Labute approximate surface area is 281 Å². The number of phenolic OH excluding ortho intramolecular Hbond substituents is 1. The Bertz CT molecular complexity index is 1880. The van der Waals surface area contributed by atoms with Crippen molar-refractivity contribution >= 4 is 34.1 Å². The minimum atomic E-state index is -1.00. The number of phenols is 1. The summed E-state index contributed by atoms with van der Waals surface area (Å²) >= 11 is 0. The first-order valence-corrected chi connectivity index (χ1v) is 16.6. The van der Waals surface area contributed by atoms with Gasteiger partial charge in [-0.25, -0.2) is 0 Å². The number of aromatic nitrogens is 3. The molecule has 2 aromatic heterocycles. The lowest BCUT2D eigenvalue weighted by Gasteiger charge is -2.19. The number of aliphatic hydroxyl groups is 2. The summed E-state index contributed by atoms with van der Waals surface area (Å²) in [4.78, 5) is 44.5. The van der Waals surface area contributed by atoms with Crippen LogP contribution in [0.5, 0.6) is 5.75 Å². The number of nitrogens with zero attached hydrogens (tertiary/aromatic N) is 5. The molecule has 0 saturated heterocycles. The SMILES string of the molecule is Cc1cc(C(=O)Nc2cccc(C#Cc3cncc(C(=O)N=S(CCCCC(=O)N(C)CC(O)CO)c4ccccc4O)c3)c2)n(C)n1. The summed E-state index contributed by atoms with van der Waals surface area (Å²) < 4.78 is 5.97. The van der Waals surface area contributed by atoms with E-state index >= 15 is 0 Å². The summed E-state index contributed by atoms with van der Waals surface area (Å²) in [6, 6.07) is 17.1. The number of para-hydroxylation sites is 1. The third-order valence-electron chi connectivity index (χ3n) is 7.10. The number of aliphatic hydroxyl groups excluding tert-OH is 2. The van der Waals surface area contributed by atoms with Gasteiger partial charge in [-0.05, 0) is 62.2 Å². The Morgan fingerprint density at radius 1 is 1.04 bits per heavy atom. The van der Waals surface area contributed by atoms with E-state index < -0.39 is 29.3 Å². The highest BCUT2D eigenvalue weighted by Crippen LogP contribution is 2.23. The van der Waals surface area contributed by atoms with E-state index in [0.717, 1.165) is 5.69 Å². The number of aromatic hydroxyl groups is 1. The number of pyridine rings is 1. The van der Waals surface area contributed by atoms with E-state index in [-0.39, 0.29) is 36.1 Å². The maximum absolute atomic E-state index is 13.3. The predicted octanol–water partition coefficient (Wildman–Crippen LogP) is 3.46. The largest absolute Gasteiger partial charge is 0.507 e. The van der Waals surface area contributed by atoms with Crippen LogP contribution in [0.2, 0.25) is 0 Å². The number of carbonyl (C=O) groups is 3. The third kappa shape index (κ3) is 10.2. The molecule has 2 atom stereocenters. The second-order valence-corrected chi connectivity index (χ2v) is 12.8.